The Morgan fingerprint density at radius 3 is 2.29 bits per heavy atom. The first kappa shape index (κ1) is 25.4. The van der Waals surface area contributed by atoms with Crippen molar-refractivity contribution in [3.8, 4) is 11.5 Å². The van der Waals surface area contributed by atoms with Crippen LogP contribution >= 0.6 is 0 Å². The fourth-order valence-corrected chi connectivity index (χ4v) is 3.88. The first-order valence-corrected chi connectivity index (χ1v) is 12.4. The molecule has 5 rings (SSSR count). The third kappa shape index (κ3) is 6.36. The lowest BCUT2D eigenvalue weighted by Crippen LogP contribution is -2.40. The first-order valence-electron chi connectivity index (χ1n) is 12.4. The first-order chi connectivity index (χ1) is 18.7. The number of hydrazone groups is 1. The number of aromatic nitrogens is 3. The van der Waals surface area contributed by atoms with Gasteiger partial charge in [0.1, 0.15) is 0 Å². The zero-order chi connectivity index (χ0) is 26.2. The topological polar surface area (TPSA) is 137 Å². The van der Waals surface area contributed by atoms with Gasteiger partial charge in [-0.05, 0) is 42.8 Å². The highest BCUT2D eigenvalue weighted by molar-refractivity contribution is 5.89. The minimum Gasteiger partial charge on any atom is -0.490 e. The zero-order valence-electron chi connectivity index (χ0n) is 21.0. The quantitative estimate of drug-likeness (QED) is 0.190. The number of furan rings is 1. The predicted molar refractivity (Wildman–Crippen MR) is 138 cm³/mol. The zero-order valence-corrected chi connectivity index (χ0v) is 21.0. The van der Waals surface area contributed by atoms with Gasteiger partial charge in [0.25, 0.3) is 0 Å². The van der Waals surface area contributed by atoms with Gasteiger partial charge >= 0.3 is 5.97 Å². The Morgan fingerprint density at radius 1 is 1.00 bits per heavy atom. The van der Waals surface area contributed by atoms with Crippen molar-refractivity contribution < 1.29 is 28.2 Å². The summed E-state index contributed by atoms with van der Waals surface area (Å²) < 4.78 is 27.1. The molecule has 38 heavy (non-hydrogen) atoms. The number of benzene rings is 1. The van der Waals surface area contributed by atoms with E-state index in [4.69, 9.17) is 28.3 Å². The van der Waals surface area contributed by atoms with Crippen LogP contribution in [-0.4, -0.2) is 86.3 Å². The molecule has 3 aromatic rings. The maximum atomic E-state index is 12.3. The Morgan fingerprint density at radius 2 is 1.68 bits per heavy atom. The summed E-state index contributed by atoms with van der Waals surface area (Å²) in [6.07, 6.45) is 3.01. The second-order valence-electron chi connectivity index (χ2n) is 8.33. The third-order valence-corrected chi connectivity index (χ3v) is 5.77. The summed E-state index contributed by atoms with van der Waals surface area (Å²) in [7, 11) is 0. The lowest BCUT2D eigenvalue weighted by atomic mass is 10.2. The molecular weight excluding hydrogens is 494 g/mol. The maximum absolute atomic E-state index is 12.3. The smallest absolute Gasteiger partial charge is 0.379 e. The summed E-state index contributed by atoms with van der Waals surface area (Å²) in [6, 6.07) is 8.27. The molecule has 0 radical (unpaired) electrons. The standard InChI is InChI=1S/C25H29N7O6/c1-2-36-21-16-18(5-6-19(21)38-22(33)20-4-3-11-37-20)17-26-30-23-27-24(31-7-12-34-13-8-31)29-25(28-23)32-9-14-35-15-10-32/h3-6,11,16-17H,2,7-10,12-15H2,1H3,(H,27,28,29,30)/b26-17+. The molecule has 2 aliphatic heterocycles. The van der Waals surface area contributed by atoms with Gasteiger partial charge in [0.15, 0.2) is 11.5 Å². The normalized spacial score (nSPS) is 16.0. The van der Waals surface area contributed by atoms with Crippen molar-refractivity contribution in [3.63, 3.8) is 0 Å². The molecule has 1 aromatic carbocycles. The number of morpholine rings is 2. The monoisotopic (exact) mass is 523 g/mol. The van der Waals surface area contributed by atoms with Crippen LogP contribution in [0.4, 0.5) is 17.8 Å². The summed E-state index contributed by atoms with van der Waals surface area (Å²) in [5.74, 6) is 1.65. The number of esters is 1. The molecule has 13 heteroatoms. The molecule has 0 bridgehead atoms. The van der Waals surface area contributed by atoms with Crippen LogP contribution in [0.2, 0.25) is 0 Å². The largest absolute Gasteiger partial charge is 0.490 e. The molecular formula is C25H29N7O6. The number of ether oxygens (including phenoxy) is 4. The number of hydrogen-bond acceptors (Lipinski definition) is 13. The number of carbonyl (C=O) groups is 1. The van der Waals surface area contributed by atoms with Gasteiger partial charge in [-0.15, -0.1) is 0 Å². The van der Waals surface area contributed by atoms with Gasteiger partial charge in [0, 0.05) is 26.2 Å². The molecule has 0 aliphatic carbocycles. The van der Waals surface area contributed by atoms with Gasteiger partial charge in [-0.2, -0.15) is 20.1 Å². The van der Waals surface area contributed by atoms with Crippen LogP contribution in [0.25, 0.3) is 0 Å². The van der Waals surface area contributed by atoms with Crippen LogP contribution < -0.4 is 24.7 Å². The fraction of sp³-hybridized carbons (Fsp3) is 0.400. The lowest BCUT2D eigenvalue weighted by Gasteiger charge is -2.30. The number of carbonyl (C=O) groups excluding carboxylic acids is 1. The number of nitrogens with one attached hydrogen (secondary N) is 1. The molecule has 0 atom stereocenters. The minimum atomic E-state index is -0.610. The van der Waals surface area contributed by atoms with Gasteiger partial charge in [0.05, 0.1) is 45.5 Å². The predicted octanol–water partition coefficient (Wildman–Crippen LogP) is 2.20. The van der Waals surface area contributed by atoms with Crippen molar-refractivity contribution in [1.82, 2.24) is 15.0 Å². The summed E-state index contributed by atoms with van der Waals surface area (Å²) in [5.41, 5.74) is 3.64. The molecule has 2 aromatic heterocycles. The van der Waals surface area contributed by atoms with Gasteiger partial charge in [-0.25, -0.2) is 10.2 Å². The molecule has 0 amide bonds. The highest BCUT2D eigenvalue weighted by atomic mass is 16.6. The van der Waals surface area contributed by atoms with Crippen molar-refractivity contribution >= 4 is 30.0 Å². The van der Waals surface area contributed by atoms with Crippen molar-refractivity contribution in [2.24, 2.45) is 5.10 Å². The van der Waals surface area contributed by atoms with Crippen molar-refractivity contribution in [1.29, 1.82) is 0 Å². The van der Waals surface area contributed by atoms with E-state index in [2.05, 4.69) is 30.3 Å². The van der Waals surface area contributed by atoms with E-state index in [9.17, 15) is 4.79 Å². The molecule has 0 saturated carbocycles. The molecule has 200 valence electrons. The number of anilines is 3. The van der Waals surface area contributed by atoms with Gasteiger partial charge in [-0.3, -0.25) is 0 Å². The van der Waals surface area contributed by atoms with Crippen LogP contribution in [0.1, 0.15) is 23.0 Å². The van der Waals surface area contributed by atoms with Crippen molar-refractivity contribution in [2.75, 3.05) is 74.4 Å². The average molecular weight is 524 g/mol. The molecule has 1 N–H and O–H groups in total. The van der Waals surface area contributed by atoms with Crippen LogP contribution in [0.5, 0.6) is 11.5 Å². The average Bonchev–Trinajstić information content (AvgIpc) is 3.51. The van der Waals surface area contributed by atoms with E-state index < -0.39 is 5.97 Å². The van der Waals surface area contributed by atoms with E-state index in [1.807, 2.05) is 6.92 Å². The van der Waals surface area contributed by atoms with Gasteiger partial charge < -0.3 is 33.2 Å². The Labute approximate surface area is 219 Å². The summed E-state index contributed by atoms with van der Waals surface area (Å²) in [5, 5.41) is 4.32. The number of hydrogen-bond donors (Lipinski definition) is 1. The molecule has 4 heterocycles. The number of nitrogens with zero attached hydrogens (tertiary/aromatic N) is 6. The Kier molecular flexibility index (Phi) is 8.26. The maximum Gasteiger partial charge on any atom is 0.379 e. The Hall–Kier alpha value is -4.23. The molecule has 0 unspecified atom stereocenters. The second-order valence-corrected chi connectivity index (χ2v) is 8.33. The minimum absolute atomic E-state index is 0.104. The van der Waals surface area contributed by atoms with Gasteiger partial charge in [-0.1, -0.05) is 0 Å². The van der Waals surface area contributed by atoms with E-state index in [1.54, 1.807) is 30.5 Å². The highest BCUT2D eigenvalue weighted by Gasteiger charge is 2.21. The van der Waals surface area contributed by atoms with Crippen LogP contribution in [-0.2, 0) is 9.47 Å². The van der Waals surface area contributed by atoms with E-state index in [1.165, 1.54) is 12.3 Å². The van der Waals surface area contributed by atoms with E-state index >= 15 is 0 Å². The summed E-state index contributed by atoms with van der Waals surface area (Å²) >= 11 is 0. The Bertz CT molecular complexity index is 1200. The van der Waals surface area contributed by atoms with Gasteiger partial charge in [0.2, 0.25) is 23.6 Å². The van der Waals surface area contributed by atoms with Crippen molar-refractivity contribution in [3.05, 3.63) is 47.9 Å². The SMILES string of the molecule is CCOc1cc(/C=N/Nc2nc(N3CCOCC3)nc(N3CCOCC3)n2)ccc1OC(=O)c1ccco1. The fourth-order valence-electron chi connectivity index (χ4n) is 3.88. The molecule has 2 aliphatic rings. The van der Waals surface area contributed by atoms with E-state index in [0.717, 1.165) is 5.56 Å². The third-order valence-electron chi connectivity index (χ3n) is 5.77. The van der Waals surface area contributed by atoms with Crippen LogP contribution in [0, 0.1) is 0 Å². The molecule has 2 fully saturated rings. The molecule has 13 nitrogen and oxygen atoms in total. The molecule has 0 spiro atoms. The Balaban J connectivity index is 1.32. The lowest BCUT2D eigenvalue weighted by molar-refractivity contribution is 0.0695. The highest BCUT2D eigenvalue weighted by Crippen LogP contribution is 2.29. The van der Waals surface area contributed by atoms with Crippen LogP contribution in [0.15, 0.2) is 46.1 Å². The van der Waals surface area contributed by atoms with Crippen LogP contribution in [0.3, 0.4) is 0 Å². The molecule has 2 saturated heterocycles. The van der Waals surface area contributed by atoms with Crippen molar-refractivity contribution in [2.45, 2.75) is 6.92 Å². The second kappa shape index (κ2) is 12.3. The summed E-state index contributed by atoms with van der Waals surface area (Å²) in [4.78, 5) is 30.3. The number of rotatable bonds is 9. The summed E-state index contributed by atoms with van der Waals surface area (Å²) in [6.45, 7) is 7.52. The van der Waals surface area contributed by atoms with E-state index in [0.29, 0.717) is 82.8 Å². The van der Waals surface area contributed by atoms with E-state index in [-0.39, 0.29) is 11.5 Å².